The average Bonchev–Trinajstić information content (AvgIpc) is 3.30. The van der Waals surface area contributed by atoms with Crippen LogP contribution in [0.15, 0.2) is 77.7 Å². The number of piperidine rings is 1. The van der Waals surface area contributed by atoms with E-state index < -0.39 is 10.0 Å². The van der Waals surface area contributed by atoms with Gasteiger partial charge in [0.25, 0.3) is 0 Å². The minimum absolute atomic E-state index is 0.162. The molecule has 34 heavy (non-hydrogen) atoms. The molecule has 7 nitrogen and oxygen atoms in total. The van der Waals surface area contributed by atoms with Crippen molar-refractivity contribution in [1.82, 2.24) is 14.3 Å². The van der Waals surface area contributed by atoms with E-state index in [1.165, 1.54) is 0 Å². The maximum atomic E-state index is 12.8. The van der Waals surface area contributed by atoms with Crippen molar-refractivity contribution in [3.8, 4) is 11.4 Å². The predicted molar refractivity (Wildman–Crippen MR) is 133 cm³/mol. The third-order valence-corrected chi connectivity index (χ3v) is 7.99. The van der Waals surface area contributed by atoms with Crippen molar-refractivity contribution in [2.45, 2.75) is 30.6 Å². The number of carbonyl (C=O) groups is 1. The molecule has 0 bridgehead atoms. The standard InChI is InChI=1S/C26H26N4O3S/c31-25(18-19-8-14-22(15-9-19)34(32,33)30-16-4-1-5-17-30)27-21-12-10-20(11-13-21)26-28-23-6-2-3-7-24(23)29-26/h2-3,6-15H,1,4-5,16-18H2,(H,27,31)(H,28,29). The van der Waals surface area contributed by atoms with Gasteiger partial charge in [0.1, 0.15) is 5.82 Å². The molecule has 0 atom stereocenters. The fourth-order valence-electron chi connectivity index (χ4n) is 4.23. The van der Waals surface area contributed by atoms with Gasteiger partial charge in [0.05, 0.1) is 22.3 Å². The van der Waals surface area contributed by atoms with Gasteiger partial charge in [0.15, 0.2) is 0 Å². The minimum atomic E-state index is -3.47. The number of sulfonamides is 1. The third-order valence-electron chi connectivity index (χ3n) is 6.07. The Morgan fingerprint density at radius 2 is 1.62 bits per heavy atom. The Morgan fingerprint density at radius 3 is 2.32 bits per heavy atom. The van der Waals surface area contributed by atoms with E-state index in [9.17, 15) is 13.2 Å². The number of carbonyl (C=O) groups excluding carboxylic acids is 1. The lowest BCUT2D eigenvalue weighted by Gasteiger charge is -2.25. The Bertz CT molecular complexity index is 1370. The van der Waals surface area contributed by atoms with E-state index in [2.05, 4.69) is 15.3 Å². The van der Waals surface area contributed by atoms with Gasteiger partial charge < -0.3 is 10.3 Å². The van der Waals surface area contributed by atoms with Crippen molar-refractivity contribution in [2.75, 3.05) is 18.4 Å². The average molecular weight is 475 g/mol. The fraction of sp³-hybridized carbons (Fsp3) is 0.231. The van der Waals surface area contributed by atoms with Crippen LogP contribution in [0.5, 0.6) is 0 Å². The zero-order chi connectivity index (χ0) is 23.5. The summed E-state index contributed by atoms with van der Waals surface area (Å²) in [5.74, 6) is 0.613. The molecule has 1 amide bonds. The van der Waals surface area contributed by atoms with Gasteiger partial charge in [-0.05, 0) is 66.9 Å². The zero-order valence-electron chi connectivity index (χ0n) is 18.7. The van der Waals surface area contributed by atoms with Gasteiger partial charge in [-0.25, -0.2) is 13.4 Å². The van der Waals surface area contributed by atoms with Crippen LogP contribution in [0.3, 0.4) is 0 Å². The van der Waals surface area contributed by atoms with Gasteiger partial charge in [-0.2, -0.15) is 4.31 Å². The van der Waals surface area contributed by atoms with Gasteiger partial charge in [-0.1, -0.05) is 30.7 Å². The van der Waals surface area contributed by atoms with Crippen LogP contribution in [-0.2, 0) is 21.2 Å². The number of para-hydroxylation sites is 2. The number of rotatable bonds is 6. The first-order valence-electron chi connectivity index (χ1n) is 11.4. The van der Waals surface area contributed by atoms with E-state index in [0.29, 0.717) is 18.8 Å². The van der Waals surface area contributed by atoms with Crippen LogP contribution in [0, 0.1) is 0 Å². The van der Waals surface area contributed by atoms with Crippen molar-refractivity contribution in [2.24, 2.45) is 0 Å². The van der Waals surface area contributed by atoms with Crippen LogP contribution < -0.4 is 5.32 Å². The molecule has 1 aromatic heterocycles. The van der Waals surface area contributed by atoms with Crippen LogP contribution in [0.25, 0.3) is 22.4 Å². The summed E-state index contributed by atoms with van der Waals surface area (Å²) in [6.07, 6.45) is 3.03. The summed E-state index contributed by atoms with van der Waals surface area (Å²) in [5, 5.41) is 2.90. The topological polar surface area (TPSA) is 95.2 Å². The number of hydrogen-bond donors (Lipinski definition) is 2. The third kappa shape index (κ3) is 4.73. The fourth-order valence-corrected chi connectivity index (χ4v) is 5.74. The quantitative estimate of drug-likeness (QED) is 0.427. The summed E-state index contributed by atoms with van der Waals surface area (Å²) in [6.45, 7) is 1.14. The molecule has 2 N–H and O–H groups in total. The van der Waals surface area contributed by atoms with Crippen molar-refractivity contribution in [1.29, 1.82) is 0 Å². The molecule has 1 aliphatic heterocycles. The largest absolute Gasteiger partial charge is 0.338 e. The summed E-state index contributed by atoms with van der Waals surface area (Å²) >= 11 is 0. The molecule has 0 unspecified atom stereocenters. The predicted octanol–water partition coefficient (Wildman–Crippen LogP) is 4.59. The van der Waals surface area contributed by atoms with E-state index in [-0.39, 0.29) is 17.2 Å². The molecule has 1 fully saturated rings. The second kappa shape index (κ2) is 9.40. The lowest BCUT2D eigenvalue weighted by atomic mass is 10.1. The lowest BCUT2D eigenvalue weighted by Crippen LogP contribution is -2.35. The molecule has 0 radical (unpaired) electrons. The number of nitrogens with zero attached hydrogens (tertiary/aromatic N) is 2. The molecule has 5 rings (SSSR count). The molecule has 2 heterocycles. The van der Waals surface area contributed by atoms with E-state index in [1.54, 1.807) is 28.6 Å². The molecular formula is C26H26N4O3S. The first-order valence-corrected chi connectivity index (χ1v) is 12.9. The van der Waals surface area contributed by atoms with Gasteiger partial charge in [0, 0.05) is 24.3 Å². The molecule has 3 aromatic carbocycles. The van der Waals surface area contributed by atoms with E-state index in [0.717, 1.165) is 47.2 Å². The van der Waals surface area contributed by atoms with E-state index in [4.69, 9.17) is 0 Å². The molecule has 1 aliphatic rings. The zero-order valence-corrected chi connectivity index (χ0v) is 19.5. The summed E-state index contributed by atoms with van der Waals surface area (Å²) in [6, 6.07) is 22.0. The van der Waals surface area contributed by atoms with Gasteiger partial charge in [-0.3, -0.25) is 4.79 Å². The number of imidazole rings is 1. The smallest absolute Gasteiger partial charge is 0.243 e. The van der Waals surface area contributed by atoms with Crippen LogP contribution in [0.4, 0.5) is 5.69 Å². The van der Waals surface area contributed by atoms with Crippen LogP contribution in [-0.4, -0.2) is 41.7 Å². The highest BCUT2D eigenvalue weighted by molar-refractivity contribution is 7.89. The number of fused-ring (bicyclic) bond motifs is 1. The van der Waals surface area contributed by atoms with Gasteiger partial charge in [-0.15, -0.1) is 0 Å². The monoisotopic (exact) mass is 474 g/mol. The maximum absolute atomic E-state index is 12.8. The molecular weight excluding hydrogens is 448 g/mol. The molecule has 4 aromatic rings. The first-order chi connectivity index (χ1) is 16.5. The van der Waals surface area contributed by atoms with Crippen molar-refractivity contribution in [3.63, 3.8) is 0 Å². The first kappa shape index (κ1) is 22.3. The molecule has 0 spiro atoms. The van der Waals surface area contributed by atoms with E-state index in [1.807, 2.05) is 48.5 Å². The summed E-state index contributed by atoms with van der Waals surface area (Å²) in [4.78, 5) is 20.7. The van der Waals surface area contributed by atoms with Crippen molar-refractivity contribution >= 4 is 32.7 Å². The number of anilines is 1. The highest BCUT2D eigenvalue weighted by Crippen LogP contribution is 2.23. The van der Waals surface area contributed by atoms with Gasteiger partial charge in [0.2, 0.25) is 15.9 Å². The van der Waals surface area contributed by atoms with Crippen molar-refractivity contribution < 1.29 is 13.2 Å². The number of amides is 1. The number of H-pyrrole nitrogens is 1. The summed E-state index contributed by atoms with van der Waals surface area (Å²) < 4.78 is 27.1. The number of aromatic nitrogens is 2. The maximum Gasteiger partial charge on any atom is 0.243 e. The Balaban J connectivity index is 1.21. The van der Waals surface area contributed by atoms with Gasteiger partial charge >= 0.3 is 0 Å². The Hall–Kier alpha value is -3.49. The number of nitrogens with one attached hydrogen (secondary N) is 2. The Morgan fingerprint density at radius 1 is 0.912 bits per heavy atom. The van der Waals surface area contributed by atoms with Crippen LogP contribution >= 0.6 is 0 Å². The molecule has 0 aliphatic carbocycles. The molecule has 1 saturated heterocycles. The summed E-state index contributed by atoms with van der Waals surface area (Å²) in [7, 11) is -3.47. The second-order valence-electron chi connectivity index (χ2n) is 8.51. The number of hydrogen-bond acceptors (Lipinski definition) is 4. The molecule has 8 heteroatoms. The Labute approximate surface area is 198 Å². The lowest BCUT2D eigenvalue weighted by molar-refractivity contribution is -0.115. The Kier molecular flexibility index (Phi) is 6.17. The normalized spacial score (nSPS) is 14.8. The van der Waals surface area contributed by atoms with Crippen LogP contribution in [0.1, 0.15) is 24.8 Å². The molecule has 174 valence electrons. The number of benzene rings is 3. The summed E-state index contributed by atoms with van der Waals surface area (Å²) in [5.41, 5.74) is 4.26. The molecule has 0 saturated carbocycles. The SMILES string of the molecule is O=C(Cc1ccc(S(=O)(=O)N2CCCCC2)cc1)Nc1ccc(-c2nc3ccccc3[nH]2)cc1. The second-order valence-corrected chi connectivity index (χ2v) is 10.5. The van der Waals surface area contributed by atoms with E-state index >= 15 is 0 Å². The van der Waals surface area contributed by atoms with Crippen molar-refractivity contribution in [3.05, 3.63) is 78.4 Å². The minimum Gasteiger partial charge on any atom is -0.338 e. The highest BCUT2D eigenvalue weighted by Gasteiger charge is 2.25. The highest BCUT2D eigenvalue weighted by atomic mass is 32.2. The van der Waals surface area contributed by atoms with Crippen LogP contribution in [0.2, 0.25) is 0 Å². The number of aromatic amines is 1.